The predicted octanol–water partition coefficient (Wildman–Crippen LogP) is 1.78. The lowest BCUT2D eigenvalue weighted by molar-refractivity contribution is 0.1000. The van der Waals surface area contributed by atoms with Crippen LogP contribution in [0.5, 0.6) is 0 Å². The van der Waals surface area contributed by atoms with Gasteiger partial charge in [-0.3, -0.25) is 4.79 Å². The summed E-state index contributed by atoms with van der Waals surface area (Å²) in [5.74, 6) is 2.10. The zero-order valence-electron chi connectivity index (χ0n) is 9.73. The third kappa shape index (κ3) is 2.40. The number of aromatic nitrogens is 1. The van der Waals surface area contributed by atoms with Crippen molar-refractivity contribution in [2.45, 2.75) is 31.7 Å². The van der Waals surface area contributed by atoms with Crippen LogP contribution in [-0.4, -0.2) is 16.9 Å². The van der Waals surface area contributed by atoms with Crippen molar-refractivity contribution in [3.8, 4) is 0 Å². The highest BCUT2D eigenvalue weighted by molar-refractivity contribution is 5.92. The number of carbonyl (C=O) groups excluding carboxylic acids is 1. The standard InChI is InChI=1S/C13H17N3O/c14-13(17)10-5-6-11(15-7-10)16-12(8-1-2-8)9-3-4-9/h5-9,12H,1-4H2,(H2,14,17)(H,15,16). The highest BCUT2D eigenvalue weighted by Crippen LogP contribution is 2.45. The van der Waals surface area contributed by atoms with Gasteiger partial charge in [0, 0.05) is 12.2 Å². The molecule has 1 aromatic heterocycles. The van der Waals surface area contributed by atoms with Gasteiger partial charge in [0.2, 0.25) is 5.91 Å². The number of rotatable bonds is 5. The molecule has 3 rings (SSSR count). The van der Waals surface area contributed by atoms with Crippen molar-refractivity contribution < 1.29 is 4.79 Å². The summed E-state index contributed by atoms with van der Waals surface area (Å²) >= 11 is 0. The molecule has 0 saturated heterocycles. The maximum Gasteiger partial charge on any atom is 0.250 e. The van der Waals surface area contributed by atoms with Crippen LogP contribution in [0.3, 0.4) is 0 Å². The molecule has 0 bridgehead atoms. The Morgan fingerprint density at radius 2 is 1.94 bits per heavy atom. The van der Waals surface area contributed by atoms with E-state index in [0.29, 0.717) is 11.6 Å². The molecule has 4 nitrogen and oxygen atoms in total. The van der Waals surface area contributed by atoms with Crippen LogP contribution in [0.4, 0.5) is 5.82 Å². The van der Waals surface area contributed by atoms with Crippen LogP contribution < -0.4 is 11.1 Å². The molecule has 1 amide bonds. The van der Waals surface area contributed by atoms with E-state index in [0.717, 1.165) is 17.7 Å². The van der Waals surface area contributed by atoms with Crippen molar-refractivity contribution in [1.82, 2.24) is 4.98 Å². The molecule has 0 radical (unpaired) electrons. The number of primary amides is 1. The number of hydrogen-bond donors (Lipinski definition) is 2. The van der Waals surface area contributed by atoms with Gasteiger partial charge in [0.25, 0.3) is 0 Å². The van der Waals surface area contributed by atoms with E-state index >= 15 is 0 Å². The van der Waals surface area contributed by atoms with Crippen molar-refractivity contribution in [2.24, 2.45) is 17.6 Å². The molecule has 2 fully saturated rings. The lowest BCUT2D eigenvalue weighted by Gasteiger charge is -2.18. The average molecular weight is 231 g/mol. The Morgan fingerprint density at radius 3 is 2.35 bits per heavy atom. The second kappa shape index (κ2) is 4.02. The Labute approximate surface area is 101 Å². The number of carbonyl (C=O) groups is 1. The van der Waals surface area contributed by atoms with Gasteiger partial charge in [-0.1, -0.05) is 0 Å². The molecule has 4 heteroatoms. The maximum absolute atomic E-state index is 10.9. The molecule has 2 aliphatic rings. The topological polar surface area (TPSA) is 68.0 Å². The van der Waals surface area contributed by atoms with E-state index < -0.39 is 5.91 Å². The molecular formula is C13H17N3O. The Kier molecular flexibility index (Phi) is 2.50. The van der Waals surface area contributed by atoms with Gasteiger partial charge in [-0.2, -0.15) is 0 Å². The van der Waals surface area contributed by atoms with Crippen molar-refractivity contribution in [3.63, 3.8) is 0 Å². The molecule has 0 atom stereocenters. The average Bonchev–Trinajstić information content (AvgIpc) is 3.17. The van der Waals surface area contributed by atoms with Crippen LogP contribution in [0.2, 0.25) is 0 Å². The molecule has 90 valence electrons. The fourth-order valence-electron chi connectivity index (χ4n) is 2.33. The lowest BCUT2D eigenvalue weighted by Crippen LogP contribution is -2.24. The first-order valence-electron chi connectivity index (χ1n) is 6.26. The van der Waals surface area contributed by atoms with Crippen molar-refractivity contribution in [1.29, 1.82) is 0 Å². The number of amides is 1. The maximum atomic E-state index is 10.9. The molecule has 2 aliphatic carbocycles. The van der Waals surface area contributed by atoms with Crippen molar-refractivity contribution in [3.05, 3.63) is 23.9 Å². The van der Waals surface area contributed by atoms with Gasteiger partial charge in [-0.05, 0) is 49.7 Å². The highest BCUT2D eigenvalue weighted by Gasteiger charge is 2.41. The van der Waals surface area contributed by atoms with Crippen LogP contribution in [0, 0.1) is 11.8 Å². The fraction of sp³-hybridized carbons (Fsp3) is 0.538. The first-order valence-corrected chi connectivity index (χ1v) is 6.26. The van der Waals surface area contributed by atoms with Crippen molar-refractivity contribution >= 4 is 11.7 Å². The zero-order chi connectivity index (χ0) is 11.8. The first kappa shape index (κ1) is 10.6. The van der Waals surface area contributed by atoms with Crippen LogP contribution in [0.15, 0.2) is 18.3 Å². The third-order valence-corrected chi connectivity index (χ3v) is 3.62. The molecule has 0 spiro atoms. The monoisotopic (exact) mass is 231 g/mol. The predicted molar refractivity (Wildman–Crippen MR) is 65.6 cm³/mol. The lowest BCUT2D eigenvalue weighted by atomic mass is 10.1. The van der Waals surface area contributed by atoms with Crippen molar-refractivity contribution in [2.75, 3.05) is 5.32 Å². The van der Waals surface area contributed by atoms with Gasteiger partial charge in [0.1, 0.15) is 5.82 Å². The van der Waals surface area contributed by atoms with Gasteiger partial charge >= 0.3 is 0 Å². The molecule has 1 heterocycles. The van der Waals surface area contributed by atoms with Gasteiger partial charge in [0.05, 0.1) is 5.56 Å². The Bertz CT molecular complexity index is 409. The number of pyridine rings is 1. The molecule has 0 unspecified atom stereocenters. The minimum Gasteiger partial charge on any atom is -0.367 e. The molecule has 0 aliphatic heterocycles. The number of nitrogens with zero attached hydrogens (tertiary/aromatic N) is 1. The van der Waals surface area contributed by atoms with Gasteiger partial charge in [-0.25, -0.2) is 4.98 Å². The van der Waals surface area contributed by atoms with E-state index in [4.69, 9.17) is 5.73 Å². The Balaban J connectivity index is 1.68. The van der Waals surface area contributed by atoms with Crippen LogP contribution in [0.25, 0.3) is 0 Å². The zero-order valence-corrected chi connectivity index (χ0v) is 9.73. The SMILES string of the molecule is NC(=O)c1ccc(NC(C2CC2)C2CC2)nc1. The Hall–Kier alpha value is -1.58. The normalized spacial score (nSPS) is 19.4. The molecular weight excluding hydrogens is 214 g/mol. The number of nitrogens with two attached hydrogens (primary N) is 1. The fourth-order valence-corrected chi connectivity index (χ4v) is 2.33. The van der Waals surface area contributed by atoms with E-state index in [-0.39, 0.29) is 0 Å². The van der Waals surface area contributed by atoms with Crippen LogP contribution >= 0.6 is 0 Å². The quantitative estimate of drug-likeness (QED) is 0.811. The summed E-state index contributed by atoms with van der Waals surface area (Å²) in [6.07, 6.45) is 6.91. The van der Waals surface area contributed by atoms with Crippen LogP contribution in [-0.2, 0) is 0 Å². The van der Waals surface area contributed by atoms with Gasteiger partial charge in [0.15, 0.2) is 0 Å². The van der Waals surface area contributed by atoms with Gasteiger partial charge < -0.3 is 11.1 Å². The van der Waals surface area contributed by atoms with Gasteiger partial charge in [-0.15, -0.1) is 0 Å². The Morgan fingerprint density at radius 1 is 1.29 bits per heavy atom. The number of nitrogens with one attached hydrogen (secondary N) is 1. The first-order chi connectivity index (χ1) is 8.24. The van der Waals surface area contributed by atoms with E-state index in [1.54, 1.807) is 12.3 Å². The largest absolute Gasteiger partial charge is 0.367 e. The molecule has 0 aromatic carbocycles. The minimum atomic E-state index is -0.426. The third-order valence-electron chi connectivity index (χ3n) is 3.62. The summed E-state index contributed by atoms with van der Waals surface area (Å²) < 4.78 is 0. The van der Waals surface area contributed by atoms with E-state index in [2.05, 4.69) is 10.3 Å². The number of anilines is 1. The molecule has 1 aromatic rings. The van der Waals surface area contributed by atoms with Crippen LogP contribution in [0.1, 0.15) is 36.0 Å². The highest BCUT2D eigenvalue weighted by atomic mass is 16.1. The molecule has 3 N–H and O–H groups in total. The van der Waals surface area contributed by atoms with E-state index in [1.807, 2.05) is 6.07 Å². The molecule has 2 saturated carbocycles. The minimum absolute atomic E-state index is 0.426. The smallest absolute Gasteiger partial charge is 0.250 e. The summed E-state index contributed by atoms with van der Waals surface area (Å²) in [4.78, 5) is 15.2. The van der Waals surface area contributed by atoms with E-state index in [1.165, 1.54) is 25.7 Å². The summed E-state index contributed by atoms with van der Waals surface area (Å²) in [6, 6.07) is 4.16. The summed E-state index contributed by atoms with van der Waals surface area (Å²) in [5.41, 5.74) is 5.65. The second-order valence-electron chi connectivity index (χ2n) is 5.14. The summed E-state index contributed by atoms with van der Waals surface area (Å²) in [7, 11) is 0. The molecule has 17 heavy (non-hydrogen) atoms. The van der Waals surface area contributed by atoms with E-state index in [9.17, 15) is 4.79 Å². The summed E-state index contributed by atoms with van der Waals surface area (Å²) in [6.45, 7) is 0. The second-order valence-corrected chi connectivity index (χ2v) is 5.14. The number of hydrogen-bond acceptors (Lipinski definition) is 3. The summed E-state index contributed by atoms with van der Waals surface area (Å²) in [5, 5.41) is 3.51.